The molecule has 2 bridgehead atoms. The third-order valence-corrected chi connectivity index (χ3v) is 7.38. The summed E-state index contributed by atoms with van der Waals surface area (Å²) in [5, 5.41) is 16.3. The Kier molecular flexibility index (Phi) is 5.13. The van der Waals surface area contributed by atoms with Crippen LogP contribution in [0.1, 0.15) is 58.1 Å². The van der Waals surface area contributed by atoms with E-state index in [1.165, 1.54) is 32.2 Å². The zero-order valence-electron chi connectivity index (χ0n) is 18.3. The van der Waals surface area contributed by atoms with Crippen molar-refractivity contribution in [1.29, 1.82) is 0 Å². The molecule has 3 saturated heterocycles. The van der Waals surface area contributed by atoms with E-state index in [4.69, 9.17) is 5.10 Å². The van der Waals surface area contributed by atoms with Crippen LogP contribution < -0.4 is 10.2 Å². The van der Waals surface area contributed by atoms with Crippen LogP contribution in [-0.2, 0) is 4.79 Å². The molecule has 8 heteroatoms. The number of rotatable bonds is 4. The highest BCUT2D eigenvalue weighted by molar-refractivity contribution is 5.72. The van der Waals surface area contributed by atoms with Crippen LogP contribution in [0, 0.1) is 11.8 Å². The molecule has 3 aliphatic heterocycles. The standard InChI is InChI=1S/C22H33N7O/c1-14(2)18-9-20(22-25-24-13-29(22)26-18)27-11-16-8-17(12-27)21(10-23-15(3)30)28-7-5-4-6-19(16)28/h9,13-14,16-17,19,21H,4-8,10-12H2,1-3H3,(H,23,30)/t16-,17+,19+,21+/m1/s1. The summed E-state index contributed by atoms with van der Waals surface area (Å²) >= 11 is 0. The average molecular weight is 412 g/mol. The van der Waals surface area contributed by atoms with Gasteiger partial charge in [-0.1, -0.05) is 20.3 Å². The molecule has 0 aliphatic carbocycles. The van der Waals surface area contributed by atoms with Gasteiger partial charge in [0.15, 0.2) is 0 Å². The molecule has 8 nitrogen and oxygen atoms in total. The van der Waals surface area contributed by atoms with Gasteiger partial charge < -0.3 is 10.2 Å². The Bertz CT molecular complexity index is 925. The van der Waals surface area contributed by atoms with Crippen molar-refractivity contribution in [1.82, 2.24) is 30.0 Å². The number of hydrogen-bond donors (Lipinski definition) is 1. The Morgan fingerprint density at radius 2 is 2.10 bits per heavy atom. The third kappa shape index (κ3) is 3.45. The number of nitrogens with one attached hydrogen (secondary N) is 1. The van der Waals surface area contributed by atoms with Crippen molar-refractivity contribution in [3.8, 4) is 0 Å². The summed E-state index contributed by atoms with van der Waals surface area (Å²) in [7, 11) is 0. The van der Waals surface area contributed by atoms with E-state index in [-0.39, 0.29) is 5.91 Å². The first-order valence-electron chi connectivity index (χ1n) is 11.5. The van der Waals surface area contributed by atoms with Crippen LogP contribution in [0.3, 0.4) is 0 Å². The van der Waals surface area contributed by atoms with Crippen LogP contribution in [0.25, 0.3) is 5.65 Å². The van der Waals surface area contributed by atoms with Gasteiger partial charge in [0, 0.05) is 38.6 Å². The molecule has 0 aromatic carbocycles. The number of anilines is 1. The van der Waals surface area contributed by atoms with Crippen LogP contribution >= 0.6 is 0 Å². The molecule has 0 radical (unpaired) electrons. The molecule has 2 aromatic rings. The summed E-state index contributed by atoms with van der Waals surface area (Å²) < 4.78 is 1.83. The molecule has 0 saturated carbocycles. The smallest absolute Gasteiger partial charge is 0.216 e. The Morgan fingerprint density at radius 1 is 1.27 bits per heavy atom. The first-order valence-corrected chi connectivity index (χ1v) is 11.5. The van der Waals surface area contributed by atoms with Crippen molar-refractivity contribution >= 4 is 17.2 Å². The molecule has 1 amide bonds. The molecule has 0 spiro atoms. The second-order valence-electron chi connectivity index (χ2n) is 9.67. The molecule has 1 N–H and O–H groups in total. The lowest BCUT2D eigenvalue weighted by Gasteiger charge is -2.57. The summed E-state index contributed by atoms with van der Waals surface area (Å²) in [6, 6.07) is 3.26. The molecule has 0 unspecified atom stereocenters. The van der Waals surface area contributed by atoms with E-state index >= 15 is 0 Å². The second kappa shape index (κ2) is 7.80. The van der Waals surface area contributed by atoms with E-state index < -0.39 is 0 Å². The summed E-state index contributed by atoms with van der Waals surface area (Å²) in [6.45, 7) is 9.96. The largest absolute Gasteiger partial charge is 0.368 e. The number of piperidine rings is 3. The Hall–Kier alpha value is -2.22. The van der Waals surface area contributed by atoms with Crippen LogP contribution in [0.4, 0.5) is 5.69 Å². The molecular weight excluding hydrogens is 378 g/mol. The molecule has 30 heavy (non-hydrogen) atoms. The molecule has 5 rings (SSSR count). The number of fused-ring (bicyclic) bond motifs is 5. The van der Waals surface area contributed by atoms with Crippen LogP contribution in [-0.4, -0.2) is 68.9 Å². The fourth-order valence-corrected chi connectivity index (χ4v) is 5.98. The number of carbonyl (C=O) groups excluding carboxylic acids is 1. The van der Waals surface area contributed by atoms with E-state index in [1.54, 1.807) is 13.3 Å². The van der Waals surface area contributed by atoms with Gasteiger partial charge in [-0.05, 0) is 49.6 Å². The van der Waals surface area contributed by atoms with Gasteiger partial charge in [0.05, 0.1) is 11.4 Å². The minimum atomic E-state index is 0.0687. The highest BCUT2D eigenvalue weighted by Gasteiger charge is 2.47. The monoisotopic (exact) mass is 411 g/mol. The minimum absolute atomic E-state index is 0.0687. The summed E-state index contributed by atoms with van der Waals surface area (Å²) in [4.78, 5) is 16.9. The summed E-state index contributed by atoms with van der Waals surface area (Å²) in [5.41, 5.74) is 3.07. The van der Waals surface area contributed by atoms with E-state index in [2.05, 4.69) is 45.2 Å². The van der Waals surface area contributed by atoms with E-state index in [0.29, 0.717) is 29.8 Å². The van der Waals surface area contributed by atoms with Gasteiger partial charge in [0.2, 0.25) is 11.6 Å². The number of nitrogens with zero attached hydrogens (tertiary/aromatic N) is 6. The van der Waals surface area contributed by atoms with Crippen LogP contribution in [0.15, 0.2) is 12.4 Å². The van der Waals surface area contributed by atoms with E-state index in [9.17, 15) is 4.79 Å². The first-order chi connectivity index (χ1) is 14.5. The summed E-state index contributed by atoms with van der Waals surface area (Å²) in [5.74, 6) is 1.63. The highest BCUT2D eigenvalue weighted by Crippen LogP contribution is 2.42. The first kappa shape index (κ1) is 19.7. The predicted octanol–water partition coefficient (Wildman–Crippen LogP) is 2.06. The predicted molar refractivity (Wildman–Crippen MR) is 115 cm³/mol. The van der Waals surface area contributed by atoms with Gasteiger partial charge in [-0.15, -0.1) is 10.2 Å². The van der Waals surface area contributed by atoms with Gasteiger partial charge in [-0.3, -0.25) is 9.69 Å². The molecule has 3 aliphatic rings. The van der Waals surface area contributed by atoms with Crippen molar-refractivity contribution in [3.63, 3.8) is 0 Å². The molecule has 2 aromatic heterocycles. The lowest BCUT2D eigenvalue weighted by molar-refractivity contribution is -0.119. The lowest BCUT2D eigenvalue weighted by atomic mass is 9.72. The van der Waals surface area contributed by atoms with Crippen LogP contribution in [0.5, 0.6) is 0 Å². The number of amides is 1. The Morgan fingerprint density at radius 3 is 2.90 bits per heavy atom. The van der Waals surface area contributed by atoms with Crippen molar-refractivity contribution < 1.29 is 4.79 Å². The maximum Gasteiger partial charge on any atom is 0.216 e. The molecule has 5 heterocycles. The SMILES string of the molecule is CC(=O)NC[C@H]1[C@H]2C[C@H](CN(c3cc(C(C)C)nn4cnnc34)C2)[C@@H]2CCCCN21. The lowest BCUT2D eigenvalue weighted by Crippen LogP contribution is -2.65. The number of carbonyl (C=O) groups is 1. The van der Waals surface area contributed by atoms with Crippen molar-refractivity contribution in [2.75, 3.05) is 31.1 Å². The zero-order valence-corrected chi connectivity index (χ0v) is 18.3. The number of aromatic nitrogens is 4. The maximum absolute atomic E-state index is 11.7. The quantitative estimate of drug-likeness (QED) is 0.830. The van der Waals surface area contributed by atoms with Crippen molar-refractivity contribution in [2.24, 2.45) is 11.8 Å². The number of hydrogen-bond acceptors (Lipinski definition) is 6. The fourth-order valence-electron chi connectivity index (χ4n) is 5.98. The zero-order chi connectivity index (χ0) is 20.8. The average Bonchev–Trinajstić information content (AvgIpc) is 3.21. The maximum atomic E-state index is 11.7. The minimum Gasteiger partial charge on any atom is -0.368 e. The second-order valence-corrected chi connectivity index (χ2v) is 9.67. The summed E-state index contributed by atoms with van der Waals surface area (Å²) in [6.07, 6.45) is 6.83. The topological polar surface area (TPSA) is 78.7 Å². The normalized spacial score (nSPS) is 29.3. The van der Waals surface area contributed by atoms with Gasteiger partial charge >= 0.3 is 0 Å². The highest BCUT2D eigenvalue weighted by atomic mass is 16.1. The van der Waals surface area contributed by atoms with Gasteiger partial charge in [0.25, 0.3) is 0 Å². The van der Waals surface area contributed by atoms with E-state index in [0.717, 1.165) is 36.7 Å². The molecule has 4 atom stereocenters. The fraction of sp³-hybridized carbons (Fsp3) is 0.727. The van der Waals surface area contributed by atoms with Crippen molar-refractivity contribution in [3.05, 3.63) is 18.1 Å². The van der Waals surface area contributed by atoms with E-state index in [1.807, 2.05) is 4.52 Å². The third-order valence-electron chi connectivity index (χ3n) is 7.38. The van der Waals surface area contributed by atoms with Crippen LogP contribution in [0.2, 0.25) is 0 Å². The van der Waals surface area contributed by atoms with Gasteiger partial charge in [-0.2, -0.15) is 9.61 Å². The molecule has 162 valence electrons. The van der Waals surface area contributed by atoms with Crippen molar-refractivity contribution in [2.45, 2.75) is 64.5 Å². The molecule has 3 fully saturated rings. The Labute approximate surface area is 178 Å². The van der Waals surface area contributed by atoms with Gasteiger partial charge in [0.1, 0.15) is 6.33 Å². The van der Waals surface area contributed by atoms with Gasteiger partial charge in [-0.25, -0.2) is 0 Å². The Balaban J connectivity index is 1.49. The molecular formula is C22H33N7O.